The first kappa shape index (κ1) is 16.0. The molecule has 0 aliphatic carbocycles. The third-order valence-electron chi connectivity index (χ3n) is 2.55. The van der Waals surface area contributed by atoms with E-state index >= 15 is 0 Å². The van der Waals surface area contributed by atoms with Crippen LogP contribution in [-0.2, 0) is 16.0 Å². The van der Waals surface area contributed by atoms with E-state index < -0.39 is 11.9 Å². The normalized spacial score (nSPS) is 9.33. The molecule has 2 aromatic carbocycles. The highest BCUT2D eigenvalue weighted by atomic mass is 16.4. The fourth-order valence-corrected chi connectivity index (χ4v) is 1.51. The van der Waals surface area contributed by atoms with Crippen molar-refractivity contribution in [1.82, 2.24) is 0 Å². The number of nitrogens with two attached hydrogens (primary N) is 2. The number of aliphatic carboxylic acids is 2. The van der Waals surface area contributed by atoms with Gasteiger partial charge in [0.05, 0.1) is 0 Å². The lowest BCUT2D eigenvalue weighted by Gasteiger charge is -2.02. The van der Waals surface area contributed by atoms with Crippen LogP contribution >= 0.6 is 0 Å². The number of nitrogen functional groups attached to an aromatic ring is 2. The second kappa shape index (κ2) is 7.54. The molecular weight excluding hydrogens is 272 g/mol. The molecule has 0 aliphatic heterocycles. The first-order chi connectivity index (χ1) is 9.88. The number of carbonyl (C=O) groups is 2. The smallest absolute Gasteiger partial charge is 0.414 e. The topological polar surface area (TPSA) is 127 Å². The Balaban J connectivity index is 0.000000315. The summed E-state index contributed by atoms with van der Waals surface area (Å²) in [5, 5.41) is 14.8. The molecule has 0 fully saturated rings. The zero-order chi connectivity index (χ0) is 15.8. The second-order valence-electron chi connectivity index (χ2n) is 4.27. The van der Waals surface area contributed by atoms with Gasteiger partial charge < -0.3 is 21.7 Å². The molecule has 6 heteroatoms. The molecule has 6 nitrogen and oxygen atoms in total. The van der Waals surface area contributed by atoms with Crippen LogP contribution < -0.4 is 11.5 Å². The van der Waals surface area contributed by atoms with Crippen LogP contribution in [0, 0.1) is 0 Å². The van der Waals surface area contributed by atoms with Gasteiger partial charge in [0, 0.05) is 11.4 Å². The summed E-state index contributed by atoms with van der Waals surface area (Å²) in [5.41, 5.74) is 15.4. The molecule has 0 amide bonds. The van der Waals surface area contributed by atoms with Crippen molar-refractivity contribution >= 4 is 23.3 Å². The Kier molecular flexibility index (Phi) is 5.76. The van der Waals surface area contributed by atoms with E-state index in [1.54, 1.807) is 0 Å². The van der Waals surface area contributed by atoms with E-state index in [0.717, 1.165) is 17.8 Å². The Morgan fingerprint density at radius 2 is 1.00 bits per heavy atom. The van der Waals surface area contributed by atoms with Crippen molar-refractivity contribution in [3.05, 3.63) is 59.7 Å². The number of hydrogen-bond acceptors (Lipinski definition) is 4. The summed E-state index contributed by atoms with van der Waals surface area (Å²) in [6.45, 7) is 0. The maximum absolute atomic E-state index is 9.10. The predicted molar refractivity (Wildman–Crippen MR) is 79.8 cm³/mol. The molecule has 21 heavy (non-hydrogen) atoms. The molecule has 0 aliphatic rings. The largest absolute Gasteiger partial charge is 0.473 e. The molecule has 0 unspecified atom stereocenters. The summed E-state index contributed by atoms with van der Waals surface area (Å²) >= 11 is 0. The van der Waals surface area contributed by atoms with Gasteiger partial charge in [-0.05, 0) is 41.8 Å². The second-order valence-corrected chi connectivity index (χ2v) is 4.27. The molecule has 0 saturated carbocycles. The average molecular weight is 288 g/mol. The van der Waals surface area contributed by atoms with Crippen LogP contribution in [0.3, 0.4) is 0 Å². The van der Waals surface area contributed by atoms with E-state index in [1.807, 2.05) is 48.5 Å². The van der Waals surface area contributed by atoms with Crippen molar-refractivity contribution in [1.29, 1.82) is 0 Å². The van der Waals surface area contributed by atoms with Crippen LogP contribution in [0.2, 0.25) is 0 Å². The fourth-order valence-electron chi connectivity index (χ4n) is 1.51. The Bertz CT molecular complexity index is 551. The quantitative estimate of drug-likeness (QED) is 0.491. The minimum absolute atomic E-state index is 0.802. The highest BCUT2D eigenvalue weighted by Crippen LogP contribution is 2.13. The molecule has 6 N–H and O–H groups in total. The molecule has 0 radical (unpaired) electrons. The minimum atomic E-state index is -1.82. The first-order valence-corrected chi connectivity index (χ1v) is 6.03. The molecular formula is C15H16N2O4. The van der Waals surface area contributed by atoms with E-state index in [4.69, 9.17) is 31.3 Å². The van der Waals surface area contributed by atoms with Crippen molar-refractivity contribution in [2.75, 3.05) is 11.5 Å². The summed E-state index contributed by atoms with van der Waals surface area (Å²) in [5.74, 6) is -3.65. The van der Waals surface area contributed by atoms with E-state index in [-0.39, 0.29) is 0 Å². The highest BCUT2D eigenvalue weighted by Gasteiger charge is 2.04. The van der Waals surface area contributed by atoms with Gasteiger partial charge >= 0.3 is 11.9 Å². The average Bonchev–Trinajstić information content (AvgIpc) is 2.44. The number of anilines is 2. The number of carboxylic acid groups (broad SMARTS) is 2. The van der Waals surface area contributed by atoms with Crippen molar-refractivity contribution in [3.63, 3.8) is 0 Å². The molecule has 0 bridgehead atoms. The van der Waals surface area contributed by atoms with Gasteiger partial charge in [-0.1, -0.05) is 24.3 Å². The van der Waals surface area contributed by atoms with Gasteiger partial charge in [0.1, 0.15) is 0 Å². The van der Waals surface area contributed by atoms with E-state index in [9.17, 15) is 0 Å². The van der Waals surface area contributed by atoms with Crippen LogP contribution in [0.5, 0.6) is 0 Å². The molecule has 2 aromatic rings. The molecule has 0 aromatic heterocycles. The van der Waals surface area contributed by atoms with Gasteiger partial charge in [-0.25, -0.2) is 9.59 Å². The number of carboxylic acids is 2. The van der Waals surface area contributed by atoms with Crippen LogP contribution in [0.25, 0.3) is 0 Å². The molecule has 0 atom stereocenters. The van der Waals surface area contributed by atoms with Gasteiger partial charge in [-0.2, -0.15) is 0 Å². The number of benzene rings is 2. The van der Waals surface area contributed by atoms with E-state index in [0.29, 0.717) is 0 Å². The van der Waals surface area contributed by atoms with Gasteiger partial charge in [-0.15, -0.1) is 0 Å². The molecule has 2 rings (SSSR count). The van der Waals surface area contributed by atoms with E-state index in [2.05, 4.69) is 0 Å². The Morgan fingerprint density at radius 1 is 0.714 bits per heavy atom. The van der Waals surface area contributed by atoms with Crippen LogP contribution in [0.1, 0.15) is 11.1 Å². The maximum atomic E-state index is 9.10. The summed E-state index contributed by atoms with van der Waals surface area (Å²) in [4.78, 5) is 18.2. The SMILES string of the molecule is Nc1ccc(Cc2ccc(N)cc2)cc1.O=C(O)C(=O)O. The Labute approximate surface area is 121 Å². The van der Waals surface area contributed by atoms with Gasteiger partial charge in [-0.3, -0.25) is 0 Å². The highest BCUT2D eigenvalue weighted by molar-refractivity contribution is 6.27. The summed E-state index contributed by atoms with van der Waals surface area (Å²) in [7, 11) is 0. The lowest BCUT2D eigenvalue weighted by atomic mass is 10.0. The standard InChI is InChI=1S/C13H14N2.C2H2O4/c14-12-5-1-10(2-6-12)9-11-3-7-13(15)8-4-11;3-1(4)2(5)6/h1-8H,9,14-15H2;(H,3,4)(H,5,6). The van der Waals surface area contributed by atoms with Crippen LogP contribution in [-0.4, -0.2) is 22.2 Å². The third-order valence-corrected chi connectivity index (χ3v) is 2.55. The van der Waals surface area contributed by atoms with E-state index in [1.165, 1.54) is 11.1 Å². The van der Waals surface area contributed by atoms with Gasteiger partial charge in [0.15, 0.2) is 0 Å². The first-order valence-electron chi connectivity index (χ1n) is 6.03. The molecule has 110 valence electrons. The van der Waals surface area contributed by atoms with Crippen molar-refractivity contribution in [2.24, 2.45) is 0 Å². The number of rotatable bonds is 2. The lowest BCUT2D eigenvalue weighted by molar-refractivity contribution is -0.159. The summed E-state index contributed by atoms with van der Waals surface area (Å²) in [6.07, 6.45) is 0.917. The zero-order valence-electron chi connectivity index (χ0n) is 11.2. The Hall–Kier alpha value is -3.02. The maximum Gasteiger partial charge on any atom is 0.414 e. The summed E-state index contributed by atoms with van der Waals surface area (Å²) < 4.78 is 0. The lowest BCUT2D eigenvalue weighted by Crippen LogP contribution is -2.09. The summed E-state index contributed by atoms with van der Waals surface area (Å²) in [6, 6.07) is 15.9. The van der Waals surface area contributed by atoms with Gasteiger partial charge in [0.2, 0.25) is 0 Å². The fraction of sp³-hybridized carbons (Fsp3) is 0.0667. The zero-order valence-corrected chi connectivity index (χ0v) is 11.2. The van der Waals surface area contributed by atoms with Gasteiger partial charge in [0.25, 0.3) is 0 Å². The predicted octanol–water partition coefficient (Wildman–Crippen LogP) is 1.60. The van der Waals surface area contributed by atoms with Crippen LogP contribution in [0.4, 0.5) is 11.4 Å². The van der Waals surface area contributed by atoms with Crippen molar-refractivity contribution in [2.45, 2.75) is 6.42 Å². The third kappa shape index (κ3) is 6.11. The number of hydrogen-bond donors (Lipinski definition) is 4. The minimum Gasteiger partial charge on any atom is -0.473 e. The molecule has 0 saturated heterocycles. The van der Waals surface area contributed by atoms with Crippen molar-refractivity contribution < 1.29 is 19.8 Å². The Morgan fingerprint density at radius 3 is 1.24 bits per heavy atom. The van der Waals surface area contributed by atoms with Crippen molar-refractivity contribution in [3.8, 4) is 0 Å². The molecule has 0 spiro atoms. The molecule has 0 heterocycles. The monoisotopic (exact) mass is 288 g/mol. The van der Waals surface area contributed by atoms with Crippen LogP contribution in [0.15, 0.2) is 48.5 Å².